The number of nitrogens with one attached hydrogen (secondary N) is 1. The van der Waals surface area contributed by atoms with Gasteiger partial charge in [-0.2, -0.15) is 5.10 Å². The van der Waals surface area contributed by atoms with Gasteiger partial charge < -0.3 is 15.6 Å². The molecule has 0 radical (unpaired) electrons. The van der Waals surface area contributed by atoms with Crippen molar-refractivity contribution in [3.63, 3.8) is 0 Å². The molecule has 4 rings (SSSR count). The van der Waals surface area contributed by atoms with Crippen LogP contribution in [0.4, 0.5) is 20.3 Å². The summed E-state index contributed by atoms with van der Waals surface area (Å²) in [6.45, 7) is 1.81. The number of benzene rings is 1. The number of hydrogen-bond acceptors (Lipinski definition) is 6. The van der Waals surface area contributed by atoms with E-state index in [1.165, 1.54) is 12.3 Å². The van der Waals surface area contributed by atoms with Gasteiger partial charge in [-0.3, -0.25) is 9.48 Å². The molecule has 8 nitrogen and oxygen atoms in total. The van der Waals surface area contributed by atoms with E-state index < -0.39 is 23.0 Å². The van der Waals surface area contributed by atoms with Crippen molar-refractivity contribution in [2.45, 2.75) is 18.8 Å². The highest BCUT2D eigenvalue weighted by molar-refractivity contribution is 6.02. The number of rotatable bonds is 6. The Morgan fingerprint density at radius 3 is 2.72 bits per heavy atom. The fraction of sp³-hybridized carbons (Fsp3) is 0.182. The van der Waals surface area contributed by atoms with Crippen molar-refractivity contribution in [3.05, 3.63) is 89.2 Å². The van der Waals surface area contributed by atoms with Gasteiger partial charge in [-0.15, -0.1) is 0 Å². The molecular weight excluding hydrogens is 418 g/mol. The van der Waals surface area contributed by atoms with Gasteiger partial charge in [0.2, 0.25) is 0 Å². The van der Waals surface area contributed by atoms with E-state index >= 15 is 4.39 Å². The van der Waals surface area contributed by atoms with Gasteiger partial charge in [-0.25, -0.2) is 13.8 Å². The zero-order valence-electron chi connectivity index (χ0n) is 17.3. The largest absolute Gasteiger partial charge is 0.384 e. The van der Waals surface area contributed by atoms with Crippen LogP contribution in [0.5, 0.6) is 0 Å². The molecule has 3 heterocycles. The molecule has 0 aliphatic heterocycles. The Morgan fingerprint density at radius 2 is 2.06 bits per heavy atom. The third-order valence-electron chi connectivity index (χ3n) is 5.31. The smallest absolute Gasteiger partial charge is 0.277 e. The van der Waals surface area contributed by atoms with Crippen LogP contribution in [0, 0.1) is 11.6 Å². The van der Waals surface area contributed by atoms with E-state index in [1.54, 1.807) is 42.3 Å². The number of pyridine rings is 1. The molecule has 0 aliphatic carbocycles. The van der Waals surface area contributed by atoms with Gasteiger partial charge in [-0.05, 0) is 37.6 Å². The fourth-order valence-corrected chi connectivity index (χ4v) is 3.53. The normalized spacial score (nSPS) is 13.0. The zero-order chi connectivity index (χ0) is 22.9. The second-order valence-electron chi connectivity index (χ2n) is 7.59. The molecular formula is C22H20F2N6O2. The quantitative estimate of drug-likeness (QED) is 0.477. The lowest BCUT2D eigenvalue weighted by Gasteiger charge is -2.29. The second kappa shape index (κ2) is 8.22. The number of aromatic nitrogens is 4. The Morgan fingerprint density at radius 1 is 1.25 bits per heavy atom. The molecule has 0 fully saturated rings. The summed E-state index contributed by atoms with van der Waals surface area (Å²) in [5.74, 6) is -2.03. The monoisotopic (exact) mass is 438 g/mol. The summed E-state index contributed by atoms with van der Waals surface area (Å²) < 4.78 is 36.5. The minimum atomic E-state index is -0.958. The lowest BCUT2D eigenvalue weighted by atomic mass is 9.75. The molecule has 0 saturated heterocycles. The summed E-state index contributed by atoms with van der Waals surface area (Å²) in [5, 5.41) is 10.1. The zero-order valence-corrected chi connectivity index (χ0v) is 17.3. The first kappa shape index (κ1) is 21.2. The van der Waals surface area contributed by atoms with Crippen LogP contribution < -0.4 is 11.1 Å². The van der Waals surface area contributed by atoms with Gasteiger partial charge in [0.05, 0.1) is 17.6 Å². The Balaban J connectivity index is 1.76. The number of anilines is 2. The van der Waals surface area contributed by atoms with Crippen LogP contribution in [0.1, 0.15) is 34.2 Å². The molecule has 10 heteroatoms. The number of carbonyl (C=O) groups is 1. The number of amides is 1. The maximum absolute atomic E-state index is 15.4. The molecule has 1 unspecified atom stereocenters. The summed E-state index contributed by atoms with van der Waals surface area (Å²) in [6, 6.07) is 8.71. The highest BCUT2D eigenvalue weighted by Crippen LogP contribution is 2.37. The first-order valence-electron chi connectivity index (χ1n) is 9.68. The minimum Gasteiger partial charge on any atom is -0.384 e. The molecule has 0 bridgehead atoms. The molecule has 3 N–H and O–H groups in total. The highest BCUT2D eigenvalue weighted by atomic mass is 19.1. The van der Waals surface area contributed by atoms with Gasteiger partial charge in [0.1, 0.15) is 17.9 Å². The molecule has 0 spiro atoms. The van der Waals surface area contributed by atoms with Crippen LogP contribution in [0.15, 0.2) is 59.6 Å². The summed E-state index contributed by atoms with van der Waals surface area (Å²) in [6.07, 6.45) is 4.51. The van der Waals surface area contributed by atoms with E-state index in [9.17, 15) is 9.18 Å². The van der Waals surface area contributed by atoms with Gasteiger partial charge >= 0.3 is 0 Å². The van der Waals surface area contributed by atoms with Crippen LogP contribution >= 0.6 is 0 Å². The first-order valence-corrected chi connectivity index (χ1v) is 9.68. The Bertz CT molecular complexity index is 1270. The van der Waals surface area contributed by atoms with Crippen molar-refractivity contribution in [1.29, 1.82) is 0 Å². The summed E-state index contributed by atoms with van der Waals surface area (Å²) in [5.41, 5.74) is 5.73. The number of carbonyl (C=O) groups excluding carboxylic acids is 1. The fourth-order valence-electron chi connectivity index (χ4n) is 3.53. The molecule has 1 aromatic carbocycles. The maximum atomic E-state index is 15.4. The predicted octanol–water partition coefficient (Wildman–Crippen LogP) is 3.46. The SMILES string of the molecule is Cn1cc(C(C)(Cc2c(F)ccc(NC(=O)c3ccon3)c2F)c2cccc(N)n2)cn1. The minimum absolute atomic E-state index is 0.0283. The van der Waals surface area contributed by atoms with Crippen LogP contribution in [0.25, 0.3) is 0 Å². The average molecular weight is 438 g/mol. The average Bonchev–Trinajstić information content (AvgIpc) is 3.45. The number of nitrogens with two attached hydrogens (primary N) is 1. The van der Waals surface area contributed by atoms with Gasteiger partial charge in [-0.1, -0.05) is 11.2 Å². The lowest BCUT2D eigenvalue weighted by molar-refractivity contribution is 0.101. The molecule has 1 amide bonds. The van der Waals surface area contributed by atoms with Crippen LogP contribution in [0.2, 0.25) is 0 Å². The van der Waals surface area contributed by atoms with E-state index in [2.05, 4.69) is 25.1 Å². The predicted molar refractivity (Wildman–Crippen MR) is 113 cm³/mol. The van der Waals surface area contributed by atoms with Crippen molar-refractivity contribution in [2.75, 3.05) is 11.1 Å². The number of aryl methyl sites for hydroxylation is 1. The third-order valence-corrected chi connectivity index (χ3v) is 5.31. The van der Waals surface area contributed by atoms with Crippen molar-refractivity contribution in [1.82, 2.24) is 19.9 Å². The van der Waals surface area contributed by atoms with Gasteiger partial charge in [0.25, 0.3) is 5.91 Å². The Hall–Kier alpha value is -4.08. The Labute approximate surface area is 182 Å². The molecule has 1 atom stereocenters. The van der Waals surface area contributed by atoms with Crippen LogP contribution in [-0.2, 0) is 18.9 Å². The van der Waals surface area contributed by atoms with E-state index in [0.717, 1.165) is 12.1 Å². The van der Waals surface area contributed by atoms with Crippen molar-refractivity contribution >= 4 is 17.4 Å². The summed E-state index contributed by atoms with van der Waals surface area (Å²) >= 11 is 0. The molecule has 32 heavy (non-hydrogen) atoms. The first-order chi connectivity index (χ1) is 15.3. The molecule has 4 aromatic rings. The second-order valence-corrected chi connectivity index (χ2v) is 7.59. The molecule has 0 saturated carbocycles. The molecule has 0 aliphatic rings. The lowest BCUT2D eigenvalue weighted by Crippen LogP contribution is -2.29. The molecule has 164 valence electrons. The Kier molecular flexibility index (Phi) is 5.43. The third kappa shape index (κ3) is 3.94. The standard InChI is InChI=1S/C22H20F2N6O2/c1-22(13-11-26-30(2)12-13,18-4-3-5-19(25)28-18)10-14-15(23)6-7-16(20(14)24)27-21(31)17-8-9-32-29-17/h3-9,11-12H,10H2,1-2H3,(H2,25,28)(H,27,31). The number of nitrogens with zero attached hydrogens (tertiary/aromatic N) is 4. The van der Waals surface area contributed by atoms with Crippen molar-refractivity contribution in [2.24, 2.45) is 7.05 Å². The highest BCUT2D eigenvalue weighted by Gasteiger charge is 2.35. The summed E-state index contributed by atoms with van der Waals surface area (Å²) in [7, 11) is 1.75. The number of hydrogen-bond donors (Lipinski definition) is 2. The van der Waals surface area contributed by atoms with Crippen LogP contribution in [-0.4, -0.2) is 25.8 Å². The maximum Gasteiger partial charge on any atom is 0.277 e. The van der Waals surface area contributed by atoms with Gasteiger partial charge in [0.15, 0.2) is 11.5 Å². The van der Waals surface area contributed by atoms with Crippen molar-refractivity contribution in [3.8, 4) is 0 Å². The van der Waals surface area contributed by atoms with E-state index in [-0.39, 0.29) is 29.2 Å². The van der Waals surface area contributed by atoms with Crippen molar-refractivity contribution < 1.29 is 18.1 Å². The topological polar surface area (TPSA) is 112 Å². The molecule has 3 aromatic heterocycles. The van der Waals surface area contributed by atoms with E-state index in [0.29, 0.717) is 11.3 Å². The number of halogens is 2. The summed E-state index contributed by atoms with van der Waals surface area (Å²) in [4.78, 5) is 16.7. The number of nitrogen functional groups attached to an aromatic ring is 1. The van der Waals surface area contributed by atoms with E-state index in [4.69, 9.17) is 5.73 Å². The van der Waals surface area contributed by atoms with E-state index in [1.807, 2.05) is 6.92 Å². The van der Waals surface area contributed by atoms with Gasteiger partial charge in [0, 0.05) is 35.9 Å². The van der Waals surface area contributed by atoms with Crippen LogP contribution in [0.3, 0.4) is 0 Å².